The van der Waals surface area contributed by atoms with Crippen molar-refractivity contribution in [2.24, 2.45) is 12.9 Å². The number of hydrogen-bond donors (Lipinski definition) is 1. The Bertz CT molecular complexity index is 1160. The molecular formula is C21H22ClN5O2. The fourth-order valence-electron chi connectivity index (χ4n) is 3.81. The molecule has 3 aromatic rings. The lowest BCUT2D eigenvalue weighted by atomic mass is 9.88. The van der Waals surface area contributed by atoms with Crippen molar-refractivity contribution in [1.82, 2.24) is 19.8 Å². The topological polar surface area (TPSA) is 88.0 Å². The van der Waals surface area contributed by atoms with Crippen LogP contribution in [0.2, 0.25) is 5.02 Å². The molecule has 0 saturated carbocycles. The fraction of sp³-hybridized carbons (Fsp3) is 0.286. The summed E-state index contributed by atoms with van der Waals surface area (Å²) in [6.07, 6.45) is 4.61. The summed E-state index contributed by atoms with van der Waals surface area (Å²) in [7, 11) is 1.53. The van der Waals surface area contributed by atoms with E-state index in [4.69, 9.17) is 22.3 Å². The lowest BCUT2D eigenvalue weighted by Crippen LogP contribution is -2.23. The molecule has 0 bridgehead atoms. The average molecular weight is 412 g/mol. The quantitative estimate of drug-likeness (QED) is 0.404. The molecule has 150 valence electrons. The molecule has 0 unspecified atom stereocenters. The van der Waals surface area contributed by atoms with Crippen LogP contribution in [0.3, 0.4) is 0 Å². The van der Waals surface area contributed by atoms with Crippen LogP contribution in [0, 0.1) is 0 Å². The number of nitrogens with zero attached hydrogens (tertiary/aromatic N) is 4. The molecule has 1 heterocycles. The summed E-state index contributed by atoms with van der Waals surface area (Å²) < 4.78 is 2.33. The van der Waals surface area contributed by atoms with Gasteiger partial charge in [-0.2, -0.15) is 15.3 Å². The zero-order valence-electron chi connectivity index (χ0n) is 16.4. The number of rotatable bonds is 4. The summed E-state index contributed by atoms with van der Waals surface area (Å²) in [5.41, 5.74) is 5.14. The van der Waals surface area contributed by atoms with E-state index >= 15 is 0 Å². The second-order valence-electron chi connectivity index (χ2n) is 7.19. The minimum absolute atomic E-state index is 0.388. The first-order chi connectivity index (χ1) is 14.0. The Labute approximate surface area is 173 Å². The largest absolute Gasteiger partial charge is 0.410 e. The van der Waals surface area contributed by atoms with E-state index < -0.39 is 5.69 Å². The molecule has 1 aromatic heterocycles. The van der Waals surface area contributed by atoms with Gasteiger partial charge in [0, 0.05) is 12.6 Å². The first kappa shape index (κ1) is 19.4. The normalized spacial score (nSPS) is 14.3. The Morgan fingerprint density at radius 1 is 1.14 bits per heavy atom. The maximum atomic E-state index is 12.4. The number of benzene rings is 2. The van der Waals surface area contributed by atoms with Crippen molar-refractivity contribution in [3.05, 3.63) is 74.2 Å². The summed E-state index contributed by atoms with van der Waals surface area (Å²) in [5, 5.41) is 8.12. The molecule has 0 spiro atoms. The summed E-state index contributed by atoms with van der Waals surface area (Å²) in [6, 6.07) is 11.6. The van der Waals surface area contributed by atoms with Crippen molar-refractivity contribution in [1.29, 1.82) is 0 Å². The first-order valence-electron chi connectivity index (χ1n) is 9.49. The number of halogens is 1. The van der Waals surface area contributed by atoms with Crippen LogP contribution in [0.1, 0.15) is 42.0 Å². The highest BCUT2D eigenvalue weighted by atomic mass is 35.5. The molecule has 2 N–H and O–H groups in total. The van der Waals surface area contributed by atoms with Crippen molar-refractivity contribution < 1.29 is 4.84 Å². The maximum absolute atomic E-state index is 12.4. The standard InChI is InChI=1S/C21H22ClN5O2/c1-13(15-11-10-14-6-3-4-7-16(14)12-15)20(29-23)19-17(22)8-5-9-18(19)27-21(28)26(2)24-25-27/h5,8-12H,3-4,6-7,23H2,1-2H3/b20-13+. The number of tetrazole rings is 1. The van der Waals surface area contributed by atoms with Crippen LogP contribution < -0.4 is 11.6 Å². The number of nitrogens with two attached hydrogens (primary N) is 1. The fourth-order valence-corrected chi connectivity index (χ4v) is 4.07. The minimum atomic E-state index is -0.392. The number of fused-ring (bicyclic) bond motifs is 1. The predicted octanol–water partition coefficient (Wildman–Crippen LogP) is 3.28. The highest BCUT2D eigenvalue weighted by Crippen LogP contribution is 2.35. The monoisotopic (exact) mass is 411 g/mol. The Kier molecular flexibility index (Phi) is 5.25. The Hall–Kier alpha value is -2.90. The second-order valence-corrected chi connectivity index (χ2v) is 7.60. The van der Waals surface area contributed by atoms with Crippen LogP contribution in [0.5, 0.6) is 0 Å². The summed E-state index contributed by atoms with van der Waals surface area (Å²) in [4.78, 5) is 17.7. The number of hydrogen-bond acceptors (Lipinski definition) is 5. The van der Waals surface area contributed by atoms with E-state index in [1.54, 1.807) is 18.2 Å². The Morgan fingerprint density at radius 3 is 2.59 bits per heavy atom. The van der Waals surface area contributed by atoms with Gasteiger partial charge in [0.05, 0.1) is 16.3 Å². The van der Waals surface area contributed by atoms with Crippen molar-refractivity contribution in [3.63, 3.8) is 0 Å². The third kappa shape index (κ3) is 3.47. The van der Waals surface area contributed by atoms with Crippen molar-refractivity contribution in [3.8, 4) is 5.69 Å². The Morgan fingerprint density at radius 2 is 1.90 bits per heavy atom. The van der Waals surface area contributed by atoms with Crippen LogP contribution >= 0.6 is 11.6 Å². The van der Waals surface area contributed by atoms with E-state index in [1.165, 1.54) is 35.7 Å². The number of aromatic nitrogens is 4. The summed E-state index contributed by atoms with van der Waals surface area (Å²) >= 11 is 6.52. The zero-order chi connectivity index (χ0) is 20.5. The first-order valence-corrected chi connectivity index (χ1v) is 9.87. The van der Waals surface area contributed by atoms with Gasteiger partial charge in [0.25, 0.3) is 0 Å². The number of aryl methyl sites for hydroxylation is 3. The van der Waals surface area contributed by atoms with Gasteiger partial charge in [-0.25, -0.2) is 4.79 Å². The van der Waals surface area contributed by atoms with Gasteiger partial charge in [-0.05, 0) is 71.9 Å². The van der Waals surface area contributed by atoms with E-state index in [1.807, 2.05) is 6.92 Å². The van der Waals surface area contributed by atoms with Gasteiger partial charge in [-0.15, -0.1) is 0 Å². The molecule has 1 aliphatic rings. The van der Waals surface area contributed by atoms with Crippen LogP contribution in [0.4, 0.5) is 0 Å². The molecule has 1 aliphatic carbocycles. The van der Waals surface area contributed by atoms with E-state index in [2.05, 4.69) is 28.6 Å². The Balaban J connectivity index is 1.90. The van der Waals surface area contributed by atoms with Crippen molar-refractivity contribution >= 4 is 22.9 Å². The van der Waals surface area contributed by atoms with Crippen molar-refractivity contribution in [2.75, 3.05) is 0 Å². The summed E-state index contributed by atoms with van der Waals surface area (Å²) in [6.45, 7) is 1.93. The molecule has 7 nitrogen and oxygen atoms in total. The molecule has 0 radical (unpaired) electrons. The third-order valence-electron chi connectivity index (χ3n) is 5.41. The van der Waals surface area contributed by atoms with E-state index in [-0.39, 0.29) is 0 Å². The molecule has 8 heteroatoms. The molecule has 0 amide bonds. The lowest BCUT2D eigenvalue weighted by molar-refractivity contribution is 0.291. The van der Waals surface area contributed by atoms with Gasteiger partial charge in [-0.1, -0.05) is 35.9 Å². The lowest BCUT2D eigenvalue weighted by Gasteiger charge is -2.19. The van der Waals surface area contributed by atoms with E-state index in [9.17, 15) is 4.79 Å². The van der Waals surface area contributed by atoms with Crippen LogP contribution in [-0.2, 0) is 24.7 Å². The molecule has 0 saturated heterocycles. The molecule has 0 fully saturated rings. The number of allylic oxidation sites excluding steroid dienone is 1. The van der Waals surface area contributed by atoms with Gasteiger partial charge in [-0.3, -0.25) is 0 Å². The highest BCUT2D eigenvalue weighted by molar-refractivity contribution is 6.33. The molecule has 2 aromatic carbocycles. The van der Waals surface area contributed by atoms with Crippen LogP contribution in [-0.4, -0.2) is 19.8 Å². The van der Waals surface area contributed by atoms with Gasteiger partial charge < -0.3 is 4.84 Å². The third-order valence-corrected chi connectivity index (χ3v) is 5.72. The van der Waals surface area contributed by atoms with Crippen LogP contribution in [0.25, 0.3) is 17.0 Å². The van der Waals surface area contributed by atoms with Gasteiger partial charge in [0.2, 0.25) is 0 Å². The van der Waals surface area contributed by atoms with Crippen molar-refractivity contribution in [2.45, 2.75) is 32.6 Å². The molecular weight excluding hydrogens is 390 g/mol. The molecule has 29 heavy (non-hydrogen) atoms. The van der Waals surface area contributed by atoms with Gasteiger partial charge in [0.15, 0.2) is 5.76 Å². The SMILES string of the molecule is C/C(=C(\ON)c1c(Cl)cccc1-n1nnn(C)c1=O)c1ccc2c(c1)CCCC2. The van der Waals surface area contributed by atoms with E-state index in [0.717, 1.165) is 28.7 Å². The second kappa shape index (κ2) is 7.85. The van der Waals surface area contributed by atoms with Gasteiger partial charge >= 0.3 is 5.69 Å². The maximum Gasteiger partial charge on any atom is 0.368 e. The molecule has 4 rings (SSSR count). The molecule has 0 atom stereocenters. The average Bonchev–Trinajstić information content (AvgIpc) is 3.07. The predicted molar refractivity (Wildman–Crippen MR) is 112 cm³/mol. The highest BCUT2D eigenvalue weighted by Gasteiger charge is 2.21. The smallest absolute Gasteiger partial charge is 0.368 e. The van der Waals surface area contributed by atoms with E-state index in [0.29, 0.717) is 22.0 Å². The molecule has 0 aliphatic heterocycles. The van der Waals surface area contributed by atoms with Gasteiger partial charge in [0.1, 0.15) is 0 Å². The van der Waals surface area contributed by atoms with Crippen LogP contribution in [0.15, 0.2) is 41.2 Å². The summed E-state index contributed by atoms with van der Waals surface area (Å²) in [5.74, 6) is 6.08. The zero-order valence-corrected chi connectivity index (χ0v) is 17.1. The minimum Gasteiger partial charge on any atom is -0.410 e.